The SMILES string of the molecule is Cc1ccc(S(=O)(=O)N2CCC(NCC3CC3)CC2)c(Br)c1. The summed E-state index contributed by atoms with van der Waals surface area (Å²) >= 11 is 3.39. The second-order valence-corrected chi connectivity index (χ2v) is 9.22. The predicted molar refractivity (Wildman–Crippen MR) is 91.4 cm³/mol. The maximum atomic E-state index is 12.8. The van der Waals surface area contributed by atoms with E-state index in [1.807, 2.05) is 19.1 Å². The van der Waals surface area contributed by atoms with Gasteiger partial charge in [-0.25, -0.2) is 8.42 Å². The molecular formula is C16H23BrN2O2S. The van der Waals surface area contributed by atoms with Crippen molar-refractivity contribution < 1.29 is 8.42 Å². The fraction of sp³-hybridized carbons (Fsp3) is 0.625. The van der Waals surface area contributed by atoms with Crippen molar-refractivity contribution in [3.8, 4) is 0 Å². The number of nitrogens with one attached hydrogen (secondary N) is 1. The van der Waals surface area contributed by atoms with E-state index in [4.69, 9.17) is 0 Å². The van der Waals surface area contributed by atoms with E-state index in [0.717, 1.165) is 30.9 Å². The second kappa shape index (κ2) is 6.59. The average molecular weight is 387 g/mol. The first kappa shape index (κ1) is 16.4. The summed E-state index contributed by atoms with van der Waals surface area (Å²) < 4.78 is 27.8. The molecule has 3 rings (SSSR count). The molecule has 1 aliphatic carbocycles. The van der Waals surface area contributed by atoms with Gasteiger partial charge in [0.1, 0.15) is 0 Å². The van der Waals surface area contributed by atoms with Crippen LogP contribution in [0.4, 0.5) is 0 Å². The molecule has 2 aliphatic rings. The van der Waals surface area contributed by atoms with Crippen molar-refractivity contribution in [3.63, 3.8) is 0 Å². The molecule has 1 aromatic carbocycles. The number of piperidine rings is 1. The van der Waals surface area contributed by atoms with E-state index in [0.29, 0.717) is 28.5 Å². The highest BCUT2D eigenvalue weighted by Gasteiger charge is 2.31. The van der Waals surface area contributed by atoms with Crippen LogP contribution in [0.25, 0.3) is 0 Å². The molecule has 4 nitrogen and oxygen atoms in total. The summed E-state index contributed by atoms with van der Waals surface area (Å²) in [5.74, 6) is 0.866. The molecule has 1 aliphatic heterocycles. The molecule has 1 saturated heterocycles. The molecule has 0 atom stereocenters. The molecule has 0 bridgehead atoms. The Labute approximate surface area is 141 Å². The van der Waals surface area contributed by atoms with E-state index < -0.39 is 10.0 Å². The van der Waals surface area contributed by atoms with E-state index in [9.17, 15) is 8.42 Å². The molecule has 6 heteroatoms. The van der Waals surface area contributed by atoms with Gasteiger partial charge in [0.25, 0.3) is 0 Å². The standard InChI is InChI=1S/C16H23BrN2O2S/c1-12-2-5-16(15(17)10-12)22(20,21)19-8-6-14(7-9-19)18-11-13-3-4-13/h2,5,10,13-14,18H,3-4,6-9,11H2,1H3. The van der Waals surface area contributed by atoms with Gasteiger partial charge >= 0.3 is 0 Å². The van der Waals surface area contributed by atoms with Gasteiger partial charge in [0, 0.05) is 23.6 Å². The Morgan fingerprint density at radius 3 is 2.50 bits per heavy atom. The van der Waals surface area contributed by atoms with Gasteiger partial charge in [0.05, 0.1) is 4.90 Å². The van der Waals surface area contributed by atoms with E-state index in [1.165, 1.54) is 12.8 Å². The van der Waals surface area contributed by atoms with E-state index in [2.05, 4.69) is 21.2 Å². The van der Waals surface area contributed by atoms with Crippen molar-refractivity contribution in [1.82, 2.24) is 9.62 Å². The van der Waals surface area contributed by atoms with Crippen molar-refractivity contribution in [1.29, 1.82) is 0 Å². The monoisotopic (exact) mass is 386 g/mol. The van der Waals surface area contributed by atoms with Gasteiger partial charge in [0.2, 0.25) is 10.0 Å². The van der Waals surface area contributed by atoms with Crippen LogP contribution < -0.4 is 5.32 Å². The fourth-order valence-corrected chi connectivity index (χ4v) is 5.53. The van der Waals surface area contributed by atoms with Crippen LogP contribution >= 0.6 is 15.9 Å². The highest BCUT2D eigenvalue weighted by Crippen LogP contribution is 2.29. The predicted octanol–water partition coefficient (Wildman–Crippen LogP) is 2.91. The van der Waals surface area contributed by atoms with Gasteiger partial charge < -0.3 is 5.32 Å². The van der Waals surface area contributed by atoms with E-state index in [1.54, 1.807) is 10.4 Å². The molecule has 0 radical (unpaired) electrons. The lowest BCUT2D eigenvalue weighted by Crippen LogP contribution is -2.45. The maximum Gasteiger partial charge on any atom is 0.244 e. The summed E-state index contributed by atoms with van der Waals surface area (Å²) in [5, 5.41) is 3.58. The van der Waals surface area contributed by atoms with Crippen LogP contribution in [-0.2, 0) is 10.0 Å². The number of hydrogen-bond acceptors (Lipinski definition) is 3. The number of nitrogens with zero attached hydrogens (tertiary/aromatic N) is 1. The van der Waals surface area contributed by atoms with E-state index >= 15 is 0 Å². The number of halogens is 1. The van der Waals surface area contributed by atoms with Crippen LogP contribution in [0.1, 0.15) is 31.2 Å². The molecule has 1 aromatic rings. The smallest absolute Gasteiger partial charge is 0.244 e. The first-order valence-corrected chi connectivity index (χ1v) is 10.2. The average Bonchev–Trinajstić information content (AvgIpc) is 3.29. The van der Waals surface area contributed by atoms with Crippen molar-refractivity contribution in [2.75, 3.05) is 19.6 Å². The van der Waals surface area contributed by atoms with Gasteiger partial charge in [-0.3, -0.25) is 0 Å². The maximum absolute atomic E-state index is 12.8. The summed E-state index contributed by atoms with van der Waals surface area (Å²) in [7, 11) is -3.39. The second-order valence-electron chi connectivity index (χ2n) is 6.46. The Morgan fingerprint density at radius 2 is 1.91 bits per heavy atom. The van der Waals surface area contributed by atoms with Crippen LogP contribution in [0.5, 0.6) is 0 Å². The number of benzene rings is 1. The first-order valence-electron chi connectivity index (χ1n) is 7.96. The lowest BCUT2D eigenvalue weighted by Gasteiger charge is -2.32. The van der Waals surface area contributed by atoms with Crippen molar-refractivity contribution in [3.05, 3.63) is 28.2 Å². The number of hydrogen-bond donors (Lipinski definition) is 1. The topological polar surface area (TPSA) is 49.4 Å². The summed E-state index contributed by atoms with van der Waals surface area (Å²) in [6.07, 6.45) is 4.49. The normalized spacial score (nSPS) is 21.2. The minimum absolute atomic E-state index is 0.377. The molecule has 0 amide bonds. The van der Waals surface area contributed by atoms with Crippen LogP contribution in [-0.4, -0.2) is 38.4 Å². The molecule has 0 unspecified atom stereocenters. The largest absolute Gasteiger partial charge is 0.314 e. The zero-order valence-electron chi connectivity index (χ0n) is 12.9. The number of rotatable bonds is 5. The fourth-order valence-electron chi connectivity index (χ4n) is 2.91. The highest BCUT2D eigenvalue weighted by atomic mass is 79.9. The summed E-state index contributed by atoms with van der Waals surface area (Å²) in [4.78, 5) is 0.377. The molecule has 122 valence electrons. The third-order valence-corrected chi connectivity index (χ3v) is 7.43. The zero-order chi connectivity index (χ0) is 15.7. The Kier molecular flexibility index (Phi) is 4.92. The zero-order valence-corrected chi connectivity index (χ0v) is 15.3. The van der Waals surface area contributed by atoms with Crippen LogP contribution in [0.2, 0.25) is 0 Å². The molecular weight excluding hydrogens is 364 g/mol. The molecule has 2 fully saturated rings. The Bertz CT molecular complexity index is 636. The molecule has 0 aromatic heterocycles. The van der Waals surface area contributed by atoms with Crippen LogP contribution in [0.3, 0.4) is 0 Å². The number of aryl methyl sites for hydroxylation is 1. The Hall–Kier alpha value is -0.430. The van der Waals surface area contributed by atoms with Gasteiger partial charge in [0.15, 0.2) is 0 Å². The quantitative estimate of drug-likeness (QED) is 0.845. The summed E-state index contributed by atoms with van der Waals surface area (Å²) in [5.41, 5.74) is 1.05. The molecule has 0 spiro atoms. The van der Waals surface area contributed by atoms with Crippen LogP contribution in [0, 0.1) is 12.8 Å². The lowest BCUT2D eigenvalue weighted by molar-refractivity contribution is 0.288. The highest BCUT2D eigenvalue weighted by molar-refractivity contribution is 9.10. The summed E-state index contributed by atoms with van der Waals surface area (Å²) in [6, 6.07) is 5.87. The minimum Gasteiger partial charge on any atom is -0.314 e. The van der Waals surface area contributed by atoms with Crippen molar-refractivity contribution in [2.24, 2.45) is 5.92 Å². The van der Waals surface area contributed by atoms with Crippen LogP contribution in [0.15, 0.2) is 27.6 Å². The minimum atomic E-state index is -3.39. The Morgan fingerprint density at radius 1 is 1.23 bits per heavy atom. The van der Waals surface area contributed by atoms with Gasteiger partial charge in [-0.2, -0.15) is 4.31 Å². The molecule has 1 N–H and O–H groups in total. The van der Waals surface area contributed by atoms with E-state index in [-0.39, 0.29) is 0 Å². The van der Waals surface area contributed by atoms with Gasteiger partial charge in [-0.05, 0) is 78.7 Å². The first-order chi connectivity index (χ1) is 10.5. The molecule has 1 saturated carbocycles. The third kappa shape index (κ3) is 3.72. The van der Waals surface area contributed by atoms with Gasteiger partial charge in [-0.1, -0.05) is 6.07 Å². The van der Waals surface area contributed by atoms with Crippen molar-refractivity contribution in [2.45, 2.75) is 43.5 Å². The summed E-state index contributed by atoms with van der Waals surface area (Å²) in [6.45, 7) is 4.26. The van der Waals surface area contributed by atoms with Gasteiger partial charge in [-0.15, -0.1) is 0 Å². The lowest BCUT2D eigenvalue weighted by atomic mass is 10.1. The Balaban J connectivity index is 1.63. The van der Waals surface area contributed by atoms with Crippen molar-refractivity contribution >= 4 is 26.0 Å². The third-order valence-electron chi connectivity index (χ3n) is 4.55. The molecule has 1 heterocycles. The molecule has 22 heavy (non-hydrogen) atoms. The number of sulfonamides is 1.